The molecule has 1 aliphatic heterocycles. The first-order chi connectivity index (χ1) is 23.0. The molecule has 0 unspecified atom stereocenters. The second-order valence-electron chi connectivity index (χ2n) is 11.1. The van der Waals surface area contributed by atoms with Crippen LogP contribution in [0.4, 0.5) is 26.3 Å². The van der Waals surface area contributed by atoms with Gasteiger partial charge in [-0.05, 0) is 106 Å². The van der Waals surface area contributed by atoms with Crippen molar-refractivity contribution in [3.63, 3.8) is 0 Å². The van der Waals surface area contributed by atoms with Gasteiger partial charge in [0.25, 0.3) is 0 Å². The number of ether oxygens (including phenoxy) is 2. The molecule has 8 heteroatoms. The molecule has 236 valence electrons. The van der Waals surface area contributed by atoms with Gasteiger partial charge in [-0.25, -0.2) is 0 Å². The molecule has 0 bridgehead atoms. The molecule has 0 radical (unpaired) electrons. The highest BCUT2D eigenvalue weighted by Gasteiger charge is 2.30. The molecule has 7 rings (SSSR count). The minimum absolute atomic E-state index is 0.321. The molecule has 1 heterocycles. The number of alkyl halides is 6. The second-order valence-corrected chi connectivity index (χ2v) is 11.1. The molecule has 0 saturated carbocycles. The van der Waals surface area contributed by atoms with Crippen LogP contribution in [-0.2, 0) is 12.4 Å². The summed E-state index contributed by atoms with van der Waals surface area (Å²) in [5, 5.41) is 3.51. The first-order valence-electron chi connectivity index (χ1n) is 14.8. The molecule has 6 aromatic rings. The Morgan fingerprint density at radius 3 is 1.12 bits per heavy atom. The maximum absolute atomic E-state index is 13.0. The van der Waals surface area contributed by atoms with Crippen LogP contribution in [0.3, 0.4) is 0 Å². The fraction of sp³-hybridized carbons (Fsp3) is 0.100. The highest BCUT2D eigenvalue weighted by atomic mass is 19.4. The fourth-order valence-electron chi connectivity index (χ4n) is 5.59. The van der Waals surface area contributed by atoms with Crippen molar-refractivity contribution < 1.29 is 35.8 Å². The van der Waals surface area contributed by atoms with Gasteiger partial charge in [-0.1, -0.05) is 47.9 Å². The highest BCUT2D eigenvalue weighted by molar-refractivity contribution is 6.10. The normalized spacial score (nSPS) is 12.6. The predicted octanol–water partition coefficient (Wildman–Crippen LogP) is 10.3. The third kappa shape index (κ3) is 6.26. The van der Waals surface area contributed by atoms with E-state index in [4.69, 9.17) is 9.47 Å². The van der Waals surface area contributed by atoms with Gasteiger partial charge >= 0.3 is 12.4 Å². The Morgan fingerprint density at radius 2 is 0.750 bits per heavy atom. The number of rotatable bonds is 0. The molecular formula is C40H22F6O2. The summed E-state index contributed by atoms with van der Waals surface area (Å²) in [4.78, 5) is 0. The zero-order valence-electron chi connectivity index (χ0n) is 24.9. The first-order valence-corrected chi connectivity index (χ1v) is 14.8. The van der Waals surface area contributed by atoms with Crippen molar-refractivity contribution in [2.75, 3.05) is 13.2 Å². The van der Waals surface area contributed by atoms with Crippen LogP contribution in [0.15, 0.2) is 109 Å². The summed E-state index contributed by atoms with van der Waals surface area (Å²) in [5.74, 6) is 13.4. The molecule has 1 aliphatic rings. The van der Waals surface area contributed by atoms with Gasteiger partial charge in [0.1, 0.15) is 24.7 Å². The molecule has 6 aromatic carbocycles. The van der Waals surface area contributed by atoms with Gasteiger partial charge in [0.2, 0.25) is 0 Å². The summed E-state index contributed by atoms with van der Waals surface area (Å²) in [5.41, 5.74) is 2.32. The van der Waals surface area contributed by atoms with Crippen LogP contribution in [0, 0.1) is 23.7 Å². The third-order valence-corrected chi connectivity index (χ3v) is 7.94. The van der Waals surface area contributed by atoms with E-state index in [1.165, 1.54) is 24.3 Å². The lowest BCUT2D eigenvalue weighted by atomic mass is 9.90. The Morgan fingerprint density at radius 1 is 0.417 bits per heavy atom. The van der Waals surface area contributed by atoms with E-state index >= 15 is 0 Å². The standard InChI is InChI=1S/C40H22F6O2/c41-39(42,43)31-15-7-25(8-16-31)1-3-27-5-11-29-13-19-35-37(33(29)23-27)38-34-24-28(4-2-26-9-17-32(18-10-26)40(44,45)46)6-12-30(34)14-20-36(38)48-22-21-47-35/h5-20,23-24H,21-22H2. The molecule has 0 saturated heterocycles. The van der Waals surface area contributed by atoms with Crippen LogP contribution in [0.2, 0.25) is 0 Å². The second kappa shape index (κ2) is 12.1. The molecule has 0 fully saturated rings. The van der Waals surface area contributed by atoms with Gasteiger partial charge in [0.15, 0.2) is 0 Å². The molecule has 0 aromatic heterocycles. The molecule has 0 aliphatic carbocycles. The number of fused-ring (bicyclic) bond motifs is 7. The summed E-state index contributed by atoms with van der Waals surface area (Å²) in [7, 11) is 0. The summed E-state index contributed by atoms with van der Waals surface area (Å²) in [6.45, 7) is 0.643. The Hall–Kier alpha value is -5.86. The van der Waals surface area contributed by atoms with E-state index in [2.05, 4.69) is 23.7 Å². The van der Waals surface area contributed by atoms with Crippen LogP contribution >= 0.6 is 0 Å². The summed E-state index contributed by atoms with van der Waals surface area (Å²) in [6, 6.07) is 28.6. The van der Waals surface area contributed by atoms with Gasteiger partial charge in [-0.15, -0.1) is 0 Å². The average molecular weight is 649 g/mol. The molecule has 2 nitrogen and oxygen atoms in total. The van der Waals surface area contributed by atoms with Crippen LogP contribution < -0.4 is 9.47 Å². The minimum Gasteiger partial charge on any atom is -0.489 e. The Bertz CT molecular complexity index is 2150. The van der Waals surface area contributed by atoms with Crippen molar-refractivity contribution in [1.29, 1.82) is 0 Å². The van der Waals surface area contributed by atoms with Crippen LogP contribution in [0.5, 0.6) is 11.5 Å². The van der Waals surface area contributed by atoms with Crippen molar-refractivity contribution in [1.82, 2.24) is 0 Å². The van der Waals surface area contributed by atoms with Crippen molar-refractivity contribution in [3.8, 4) is 46.3 Å². The lowest BCUT2D eigenvalue weighted by molar-refractivity contribution is -0.138. The van der Waals surface area contributed by atoms with E-state index in [9.17, 15) is 26.3 Å². The summed E-state index contributed by atoms with van der Waals surface area (Å²) >= 11 is 0. The van der Waals surface area contributed by atoms with E-state index < -0.39 is 23.5 Å². The maximum Gasteiger partial charge on any atom is 0.416 e. The third-order valence-electron chi connectivity index (χ3n) is 7.94. The molecule has 0 spiro atoms. The van der Waals surface area contributed by atoms with Crippen molar-refractivity contribution in [3.05, 3.63) is 143 Å². The van der Waals surface area contributed by atoms with E-state index in [-0.39, 0.29) is 0 Å². The predicted molar refractivity (Wildman–Crippen MR) is 173 cm³/mol. The summed E-state index contributed by atoms with van der Waals surface area (Å²) < 4.78 is 90.3. The van der Waals surface area contributed by atoms with Crippen LogP contribution in [0.25, 0.3) is 32.7 Å². The van der Waals surface area contributed by atoms with Gasteiger partial charge < -0.3 is 9.47 Å². The Labute approximate surface area is 271 Å². The van der Waals surface area contributed by atoms with E-state index in [1.54, 1.807) is 0 Å². The molecular weight excluding hydrogens is 626 g/mol. The van der Waals surface area contributed by atoms with Crippen molar-refractivity contribution in [2.45, 2.75) is 12.4 Å². The monoisotopic (exact) mass is 648 g/mol. The van der Waals surface area contributed by atoms with Gasteiger partial charge in [0, 0.05) is 33.4 Å². The van der Waals surface area contributed by atoms with E-state index in [0.29, 0.717) is 47.0 Å². The van der Waals surface area contributed by atoms with E-state index in [1.807, 2.05) is 60.7 Å². The number of benzene rings is 6. The maximum atomic E-state index is 13.0. The van der Waals surface area contributed by atoms with E-state index in [0.717, 1.165) is 56.9 Å². The fourth-order valence-corrected chi connectivity index (χ4v) is 5.59. The smallest absolute Gasteiger partial charge is 0.416 e. The molecule has 0 N–H and O–H groups in total. The molecule has 0 atom stereocenters. The highest BCUT2D eigenvalue weighted by Crippen LogP contribution is 2.46. The average Bonchev–Trinajstić information content (AvgIpc) is 3.06. The number of hydrogen-bond acceptors (Lipinski definition) is 2. The topological polar surface area (TPSA) is 18.5 Å². The van der Waals surface area contributed by atoms with Crippen molar-refractivity contribution >= 4 is 21.5 Å². The zero-order chi connectivity index (χ0) is 33.5. The SMILES string of the molecule is FC(F)(F)c1ccc(C#Cc2ccc3ccc4c(c3c2)-c2c(ccc3ccc(C#Cc5ccc(C(F)(F)F)cc5)cc23)OCCO4)cc1. The van der Waals surface area contributed by atoms with Crippen LogP contribution in [-0.4, -0.2) is 13.2 Å². The zero-order valence-corrected chi connectivity index (χ0v) is 24.9. The van der Waals surface area contributed by atoms with Crippen LogP contribution in [0.1, 0.15) is 33.4 Å². The molecule has 48 heavy (non-hydrogen) atoms. The van der Waals surface area contributed by atoms with Gasteiger partial charge in [0.05, 0.1) is 11.1 Å². The van der Waals surface area contributed by atoms with Gasteiger partial charge in [-0.3, -0.25) is 0 Å². The Kier molecular flexibility index (Phi) is 7.73. The first kappa shape index (κ1) is 30.8. The summed E-state index contributed by atoms with van der Waals surface area (Å²) in [6.07, 6.45) is -8.85. The van der Waals surface area contributed by atoms with Gasteiger partial charge in [-0.2, -0.15) is 26.3 Å². The lowest BCUT2D eigenvalue weighted by Gasteiger charge is -2.22. The van der Waals surface area contributed by atoms with Crippen molar-refractivity contribution in [2.24, 2.45) is 0 Å². The quantitative estimate of drug-likeness (QED) is 0.121. The number of halogens is 6. The minimum atomic E-state index is -4.42. The number of hydrogen-bond donors (Lipinski definition) is 0. The molecule has 0 amide bonds. The largest absolute Gasteiger partial charge is 0.489 e. The lowest BCUT2D eigenvalue weighted by Crippen LogP contribution is -2.13. The Balaban J connectivity index is 1.33.